The van der Waals surface area contributed by atoms with Gasteiger partial charge in [-0.2, -0.15) is 0 Å². The van der Waals surface area contributed by atoms with Gasteiger partial charge in [0.05, 0.1) is 11.2 Å². The van der Waals surface area contributed by atoms with E-state index < -0.39 is 0 Å². The molecule has 0 aromatic carbocycles. The standard InChI is InChI=1S/C14H14N4O2S/c1-9-2-3-11(21-9)13-12(18-8-20-13)14(19)16-5-4-10-6-15-7-17-10/h2-3,6-8H,4-5H2,1H3,(H,15,17)(H,16,19). The minimum absolute atomic E-state index is 0.232. The lowest BCUT2D eigenvalue weighted by atomic mass is 10.2. The van der Waals surface area contributed by atoms with Gasteiger partial charge in [-0.3, -0.25) is 4.79 Å². The first-order valence-corrected chi connectivity index (χ1v) is 7.31. The highest BCUT2D eigenvalue weighted by molar-refractivity contribution is 7.15. The van der Waals surface area contributed by atoms with Gasteiger partial charge < -0.3 is 14.7 Å². The molecule has 0 aliphatic rings. The first-order chi connectivity index (χ1) is 10.2. The average molecular weight is 302 g/mol. The Kier molecular flexibility index (Phi) is 3.83. The van der Waals surface area contributed by atoms with Gasteiger partial charge in [0.2, 0.25) is 0 Å². The molecule has 0 bridgehead atoms. The predicted octanol–water partition coefficient (Wildman–Crippen LogP) is 2.41. The van der Waals surface area contributed by atoms with E-state index in [1.165, 1.54) is 6.39 Å². The number of nitrogens with one attached hydrogen (secondary N) is 2. The van der Waals surface area contributed by atoms with Crippen molar-refractivity contribution in [2.75, 3.05) is 6.54 Å². The average Bonchev–Trinajstić information content (AvgIpc) is 3.18. The summed E-state index contributed by atoms with van der Waals surface area (Å²) in [5.74, 6) is 0.288. The van der Waals surface area contributed by atoms with Crippen LogP contribution in [0.4, 0.5) is 0 Å². The van der Waals surface area contributed by atoms with Crippen molar-refractivity contribution in [3.05, 3.63) is 47.3 Å². The third-order valence-electron chi connectivity index (χ3n) is 2.98. The Morgan fingerprint density at radius 3 is 3.10 bits per heavy atom. The summed E-state index contributed by atoms with van der Waals surface area (Å²) in [4.78, 5) is 25.2. The molecular weight excluding hydrogens is 288 g/mol. The van der Waals surface area contributed by atoms with E-state index in [0.717, 1.165) is 15.4 Å². The van der Waals surface area contributed by atoms with E-state index >= 15 is 0 Å². The number of rotatable bonds is 5. The van der Waals surface area contributed by atoms with Crippen LogP contribution in [0.25, 0.3) is 10.6 Å². The van der Waals surface area contributed by atoms with Gasteiger partial charge in [-0.05, 0) is 19.1 Å². The Labute approximate surface area is 125 Å². The smallest absolute Gasteiger partial charge is 0.273 e. The molecule has 0 unspecified atom stereocenters. The van der Waals surface area contributed by atoms with Gasteiger partial charge in [-0.15, -0.1) is 11.3 Å². The molecule has 3 aromatic heterocycles. The molecule has 0 saturated heterocycles. The third-order valence-corrected chi connectivity index (χ3v) is 3.98. The maximum absolute atomic E-state index is 12.2. The van der Waals surface area contributed by atoms with Crippen LogP contribution in [0.15, 0.2) is 35.5 Å². The molecule has 0 spiro atoms. The molecular formula is C14H14N4O2S. The van der Waals surface area contributed by atoms with Crippen LogP contribution >= 0.6 is 11.3 Å². The molecule has 108 valence electrons. The SMILES string of the molecule is Cc1ccc(-c2ocnc2C(=O)NCCc2cnc[nH]2)s1. The van der Waals surface area contributed by atoms with Crippen molar-refractivity contribution in [2.45, 2.75) is 13.3 Å². The fourth-order valence-electron chi connectivity index (χ4n) is 1.96. The Morgan fingerprint density at radius 1 is 1.48 bits per heavy atom. The van der Waals surface area contributed by atoms with E-state index in [2.05, 4.69) is 20.3 Å². The molecule has 1 amide bonds. The Bertz CT molecular complexity index is 730. The van der Waals surface area contributed by atoms with Crippen molar-refractivity contribution < 1.29 is 9.21 Å². The van der Waals surface area contributed by atoms with Crippen molar-refractivity contribution in [3.8, 4) is 10.6 Å². The lowest BCUT2D eigenvalue weighted by molar-refractivity contribution is 0.0950. The van der Waals surface area contributed by atoms with E-state index in [1.54, 1.807) is 23.9 Å². The quantitative estimate of drug-likeness (QED) is 0.758. The normalized spacial score (nSPS) is 10.7. The molecule has 2 N–H and O–H groups in total. The van der Waals surface area contributed by atoms with E-state index in [1.807, 2.05) is 19.1 Å². The molecule has 0 atom stereocenters. The highest BCUT2D eigenvalue weighted by atomic mass is 32.1. The van der Waals surface area contributed by atoms with E-state index in [4.69, 9.17) is 4.42 Å². The number of oxazole rings is 1. The van der Waals surface area contributed by atoms with Crippen molar-refractivity contribution in [3.63, 3.8) is 0 Å². The molecule has 0 saturated carbocycles. The van der Waals surface area contributed by atoms with Crippen LogP contribution in [0.3, 0.4) is 0 Å². The van der Waals surface area contributed by atoms with Gasteiger partial charge in [0.1, 0.15) is 0 Å². The van der Waals surface area contributed by atoms with Crippen LogP contribution in [0, 0.1) is 6.92 Å². The summed E-state index contributed by atoms with van der Waals surface area (Å²) in [6.45, 7) is 2.52. The number of aryl methyl sites for hydroxylation is 1. The second kappa shape index (κ2) is 5.92. The summed E-state index contributed by atoms with van der Waals surface area (Å²) < 4.78 is 5.36. The molecule has 3 heterocycles. The topological polar surface area (TPSA) is 83.8 Å². The summed E-state index contributed by atoms with van der Waals surface area (Å²) in [5.41, 5.74) is 1.30. The largest absolute Gasteiger partial charge is 0.442 e. The maximum atomic E-state index is 12.2. The van der Waals surface area contributed by atoms with Crippen molar-refractivity contribution in [1.29, 1.82) is 0 Å². The number of carbonyl (C=O) groups excluding carboxylic acids is 1. The van der Waals surface area contributed by atoms with Gasteiger partial charge in [0.15, 0.2) is 17.8 Å². The van der Waals surface area contributed by atoms with Gasteiger partial charge in [0.25, 0.3) is 5.91 Å². The number of H-pyrrole nitrogens is 1. The number of aromatic nitrogens is 3. The number of aromatic amines is 1. The molecule has 7 heteroatoms. The Morgan fingerprint density at radius 2 is 2.38 bits per heavy atom. The minimum Gasteiger partial charge on any atom is -0.442 e. The first kappa shape index (κ1) is 13.6. The predicted molar refractivity (Wildman–Crippen MR) is 79.2 cm³/mol. The highest BCUT2D eigenvalue weighted by Gasteiger charge is 2.19. The van der Waals surface area contributed by atoms with Gasteiger partial charge in [0, 0.05) is 29.7 Å². The van der Waals surface area contributed by atoms with Gasteiger partial charge >= 0.3 is 0 Å². The summed E-state index contributed by atoms with van der Waals surface area (Å²) in [6.07, 6.45) is 5.35. The molecule has 0 aliphatic heterocycles. The monoisotopic (exact) mass is 302 g/mol. The lowest BCUT2D eigenvalue weighted by Crippen LogP contribution is -2.26. The van der Waals surface area contributed by atoms with Crippen LogP contribution in [0.5, 0.6) is 0 Å². The fraction of sp³-hybridized carbons (Fsp3) is 0.214. The van der Waals surface area contributed by atoms with Crippen molar-refractivity contribution in [2.24, 2.45) is 0 Å². The summed E-state index contributed by atoms with van der Waals surface area (Å²) in [5, 5.41) is 2.84. The molecule has 6 nitrogen and oxygen atoms in total. The summed E-state index contributed by atoms with van der Waals surface area (Å²) in [7, 11) is 0. The lowest BCUT2D eigenvalue weighted by Gasteiger charge is -2.02. The maximum Gasteiger partial charge on any atom is 0.273 e. The van der Waals surface area contributed by atoms with Gasteiger partial charge in [-0.1, -0.05) is 0 Å². The first-order valence-electron chi connectivity index (χ1n) is 6.50. The number of amides is 1. The van der Waals surface area contributed by atoms with Crippen molar-refractivity contribution in [1.82, 2.24) is 20.3 Å². The summed E-state index contributed by atoms with van der Waals surface area (Å²) >= 11 is 1.57. The Hall–Kier alpha value is -2.41. The van der Waals surface area contributed by atoms with E-state index in [0.29, 0.717) is 24.4 Å². The van der Waals surface area contributed by atoms with E-state index in [9.17, 15) is 4.79 Å². The zero-order chi connectivity index (χ0) is 14.7. The Balaban J connectivity index is 1.66. The second-order valence-corrected chi connectivity index (χ2v) is 5.81. The minimum atomic E-state index is -0.232. The zero-order valence-corrected chi connectivity index (χ0v) is 12.2. The van der Waals surface area contributed by atoms with Crippen LogP contribution in [-0.4, -0.2) is 27.4 Å². The molecule has 3 aromatic rings. The molecule has 21 heavy (non-hydrogen) atoms. The number of thiophene rings is 1. The van der Waals surface area contributed by atoms with Crippen molar-refractivity contribution >= 4 is 17.2 Å². The third kappa shape index (κ3) is 3.03. The van der Waals surface area contributed by atoms with Crippen LogP contribution in [-0.2, 0) is 6.42 Å². The van der Waals surface area contributed by atoms with E-state index in [-0.39, 0.29) is 5.91 Å². The zero-order valence-electron chi connectivity index (χ0n) is 11.4. The molecule has 3 rings (SSSR count). The number of nitrogens with zero attached hydrogens (tertiary/aromatic N) is 2. The van der Waals surface area contributed by atoms with Gasteiger partial charge in [-0.25, -0.2) is 9.97 Å². The number of carbonyl (C=O) groups is 1. The van der Waals surface area contributed by atoms with Crippen LogP contribution in [0.2, 0.25) is 0 Å². The number of hydrogen-bond acceptors (Lipinski definition) is 5. The highest BCUT2D eigenvalue weighted by Crippen LogP contribution is 2.29. The second-order valence-electron chi connectivity index (χ2n) is 4.52. The number of hydrogen-bond donors (Lipinski definition) is 2. The van der Waals surface area contributed by atoms with Crippen LogP contribution < -0.4 is 5.32 Å². The van der Waals surface area contributed by atoms with Crippen LogP contribution in [0.1, 0.15) is 21.1 Å². The molecule has 0 fully saturated rings. The molecule has 0 aliphatic carbocycles. The number of imidazole rings is 1. The fourth-order valence-corrected chi connectivity index (χ4v) is 2.81. The molecule has 0 radical (unpaired) electrons. The summed E-state index contributed by atoms with van der Waals surface area (Å²) in [6, 6.07) is 3.92.